The number of amides is 1. The number of allylic oxidation sites excluding steroid dienone is 1. The molecule has 6 nitrogen and oxygen atoms in total. The fourth-order valence-electron chi connectivity index (χ4n) is 2.48. The Bertz CT molecular complexity index is 641. The molecule has 1 aromatic rings. The summed E-state index contributed by atoms with van der Waals surface area (Å²) in [5.74, 6) is 0.0465. The molecule has 2 rings (SSSR count). The van der Waals surface area contributed by atoms with Gasteiger partial charge < -0.3 is 5.32 Å². The molecular formula is C17H23ClN4O2. The van der Waals surface area contributed by atoms with Crippen LogP contribution in [-0.4, -0.2) is 46.7 Å². The standard InChI is InChI=1S/C17H23ClN4O2/c1-12(2)5-7-22-8-6-14(11-22)20-17-15(18)9-13(10-19-17)3-4-16(23)21-24/h3-5,9-10,14,24H,6-8,11H2,1-2H3,(H,19,20)(H,21,23)/t14-/m1/s1. The van der Waals surface area contributed by atoms with Crippen LogP contribution >= 0.6 is 11.6 Å². The zero-order valence-corrected chi connectivity index (χ0v) is 14.7. The smallest absolute Gasteiger partial charge is 0.267 e. The van der Waals surface area contributed by atoms with Crippen molar-refractivity contribution in [2.45, 2.75) is 26.3 Å². The van der Waals surface area contributed by atoms with E-state index in [1.165, 1.54) is 23.2 Å². The summed E-state index contributed by atoms with van der Waals surface area (Å²) < 4.78 is 0. The van der Waals surface area contributed by atoms with Gasteiger partial charge in [-0.1, -0.05) is 23.3 Å². The molecule has 0 aliphatic carbocycles. The van der Waals surface area contributed by atoms with Gasteiger partial charge in [0, 0.05) is 37.9 Å². The molecule has 0 bridgehead atoms. The lowest BCUT2D eigenvalue weighted by atomic mass is 10.2. The number of hydrogen-bond donors (Lipinski definition) is 3. The first-order chi connectivity index (χ1) is 11.5. The Morgan fingerprint density at radius 2 is 2.33 bits per heavy atom. The Hall–Kier alpha value is -1.89. The molecule has 0 unspecified atom stereocenters. The van der Waals surface area contributed by atoms with Gasteiger partial charge in [0.15, 0.2) is 0 Å². The molecule has 1 atom stereocenters. The normalized spacial score (nSPS) is 17.9. The highest BCUT2D eigenvalue weighted by atomic mass is 35.5. The van der Waals surface area contributed by atoms with Crippen molar-refractivity contribution in [3.63, 3.8) is 0 Å². The lowest BCUT2D eigenvalue weighted by Gasteiger charge is -2.16. The van der Waals surface area contributed by atoms with E-state index < -0.39 is 5.91 Å². The highest BCUT2D eigenvalue weighted by Crippen LogP contribution is 2.23. The molecule has 0 radical (unpaired) electrons. The van der Waals surface area contributed by atoms with Gasteiger partial charge in [0.05, 0.1) is 5.02 Å². The van der Waals surface area contributed by atoms with E-state index in [1.807, 2.05) is 0 Å². The highest BCUT2D eigenvalue weighted by molar-refractivity contribution is 6.33. The van der Waals surface area contributed by atoms with Gasteiger partial charge >= 0.3 is 0 Å². The first-order valence-electron chi connectivity index (χ1n) is 7.88. The first-order valence-corrected chi connectivity index (χ1v) is 8.25. The summed E-state index contributed by atoms with van der Waals surface area (Å²) in [4.78, 5) is 17.7. The lowest BCUT2D eigenvalue weighted by molar-refractivity contribution is -0.124. The van der Waals surface area contributed by atoms with Crippen molar-refractivity contribution >= 4 is 29.4 Å². The summed E-state index contributed by atoms with van der Waals surface area (Å²) in [5.41, 5.74) is 3.54. The molecule has 1 aliphatic rings. The predicted molar refractivity (Wildman–Crippen MR) is 96.1 cm³/mol. The molecule has 1 fully saturated rings. The molecule has 130 valence electrons. The van der Waals surface area contributed by atoms with E-state index in [0.29, 0.717) is 22.4 Å². The molecule has 2 heterocycles. The van der Waals surface area contributed by atoms with Crippen molar-refractivity contribution in [1.82, 2.24) is 15.4 Å². The Balaban J connectivity index is 1.93. The number of carbonyl (C=O) groups excluding carboxylic acids is 1. The third-order valence-electron chi connectivity index (χ3n) is 3.77. The van der Waals surface area contributed by atoms with Crippen LogP contribution < -0.4 is 10.8 Å². The largest absolute Gasteiger partial charge is 0.365 e. The van der Waals surface area contributed by atoms with Crippen LogP contribution in [0.2, 0.25) is 5.02 Å². The minimum absolute atomic E-state index is 0.321. The fraction of sp³-hybridized carbons (Fsp3) is 0.412. The maximum Gasteiger partial charge on any atom is 0.267 e. The third-order valence-corrected chi connectivity index (χ3v) is 4.06. The summed E-state index contributed by atoms with van der Waals surface area (Å²) in [7, 11) is 0. The zero-order chi connectivity index (χ0) is 17.5. The topological polar surface area (TPSA) is 77.5 Å². The van der Waals surface area contributed by atoms with Crippen LogP contribution in [0.4, 0.5) is 5.82 Å². The molecule has 3 N–H and O–H groups in total. The van der Waals surface area contributed by atoms with Gasteiger partial charge in [-0.05, 0) is 38.0 Å². The molecule has 1 saturated heterocycles. The summed E-state index contributed by atoms with van der Waals surface area (Å²) in [6.45, 7) is 7.19. The number of carbonyl (C=O) groups is 1. The second-order valence-corrected chi connectivity index (χ2v) is 6.49. The maximum atomic E-state index is 11.0. The minimum atomic E-state index is -0.601. The first kappa shape index (κ1) is 18.4. The average Bonchev–Trinajstić information content (AvgIpc) is 3.00. The number of rotatable bonds is 6. The Morgan fingerprint density at radius 3 is 3.00 bits per heavy atom. The van der Waals surface area contributed by atoms with Gasteiger partial charge in [-0.15, -0.1) is 0 Å². The van der Waals surface area contributed by atoms with Gasteiger partial charge in [0.25, 0.3) is 5.91 Å². The monoisotopic (exact) mass is 350 g/mol. The molecule has 0 spiro atoms. The van der Waals surface area contributed by atoms with Crippen molar-refractivity contribution in [2.24, 2.45) is 0 Å². The van der Waals surface area contributed by atoms with Crippen molar-refractivity contribution in [3.8, 4) is 0 Å². The van der Waals surface area contributed by atoms with Crippen LogP contribution in [0.15, 0.2) is 30.0 Å². The van der Waals surface area contributed by atoms with Gasteiger partial charge in [0.1, 0.15) is 5.82 Å². The highest BCUT2D eigenvalue weighted by Gasteiger charge is 2.22. The van der Waals surface area contributed by atoms with E-state index >= 15 is 0 Å². The van der Waals surface area contributed by atoms with Crippen LogP contribution in [-0.2, 0) is 4.79 Å². The number of anilines is 1. The number of likely N-dealkylation sites (tertiary alicyclic amines) is 1. The molecule has 0 aromatic carbocycles. The van der Waals surface area contributed by atoms with Crippen LogP contribution in [0, 0.1) is 0 Å². The SMILES string of the molecule is CC(C)=CCN1CC[C@@H](Nc2ncc(C=CC(=O)NO)cc2Cl)C1. The molecule has 0 saturated carbocycles. The Morgan fingerprint density at radius 1 is 1.54 bits per heavy atom. The van der Waals surface area contributed by atoms with Crippen molar-refractivity contribution < 1.29 is 10.0 Å². The predicted octanol–water partition coefficient (Wildman–Crippen LogP) is 2.71. The number of pyridine rings is 1. The van der Waals surface area contributed by atoms with Crippen LogP contribution in [0.25, 0.3) is 6.08 Å². The summed E-state index contributed by atoms with van der Waals surface area (Å²) in [6, 6.07) is 2.05. The van der Waals surface area contributed by atoms with Crippen LogP contribution in [0.3, 0.4) is 0 Å². The molecular weight excluding hydrogens is 328 g/mol. The van der Waals surface area contributed by atoms with E-state index in [9.17, 15) is 4.79 Å². The van der Waals surface area contributed by atoms with Gasteiger partial charge in [-0.3, -0.25) is 14.9 Å². The summed E-state index contributed by atoms with van der Waals surface area (Å²) >= 11 is 6.26. The zero-order valence-electron chi connectivity index (χ0n) is 13.9. The Labute approximate surface area is 147 Å². The van der Waals surface area contributed by atoms with Gasteiger partial charge in [-0.2, -0.15) is 0 Å². The number of nitrogens with zero attached hydrogens (tertiary/aromatic N) is 2. The van der Waals surface area contributed by atoms with Gasteiger partial charge in [-0.25, -0.2) is 10.5 Å². The third kappa shape index (κ3) is 5.63. The average molecular weight is 351 g/mol. The van der Waals surface area contributed by atoms with E-state index in [4.69, 9.17) is 16.8 Å². The van der Waals surface area contributed by atoms with E-state index in [0.717, 1.165) is 26.1 Å². The van der Waals surface area contributed by atoms with E-state index in [2.05, 4.69) is 35.1 Å². The van der Waals surface area contributed by atoms with Crippen molar-refractivity contribution in [3.05, 3.63) is 40.6 Å². The molecule has 1 aliphatic heterocycles. The van der Waals surface area contributed by atoms with Gasteiger partial charge in [0.2, 0.25) is 0 Å². The molecule has 1 amide bonds. The van der Waals surface area contributed by atoms with Crippen LogP contribution in [0.1, 0.15) is 25.8 Å². The Kier molecular flexibility index (Phi) is 6.78. The van der Waals surface area contributed by atoms with Crippen molar-refractivity contribution in [1.29, 1.82) is 0 Å². The number of halogens is 1. The minimum Gasteiger partial charge on any atom is -0.365 e. The van der Waals surface area contributed by atoms with E-state index in [-0.39, 0.29) is 0 Å². The number of hydrogen-bond acceptors (Lipinski definition) is 5. The summed E-state index contributed by atoms with van der Waals surface area (Å²) in [6.07, 6.45) is 7.65. The number of aromatic nitrogens is 1. The van der Waals surface area contributed by atoms with Crippen molar-refractivity contribution in [2.75, 3.05) is 25.0 Å². The summed E-state index contributed by atoms with van der Waals surface area (Å²) in [5, 5.41) is 12.3. The maximum absolute atomic E-state index is 11.0. The second kappa shape index (κ2) is 8.82. The number of nitrogens with one attached hydrogen (secondary N) is 2. The van der Waals surface area contributed by atoms with E-state index in [1.54, 1.807) is 12.3 Å². The molecule has 24 heavy (non-hydrogen) atoms. The molecule has 7 heteroatoms. The lowest BCUT2D eigenvalue weighted by Crippen LogP contribution is -2.26. The number of hydroxylamine groups is 1. The fourth-order valence-corrected chi connectivity index (χ4v) is 2.71. The quantitative estimate of drug-likeness (QED) is 0.318. The second-order valence-electron chi connectivity index (χ2n) is 6.08. The van der Waals surface area contributed by atoms with Crippen LogP contribution in [0.5, 0.6) is 0 Å². The molecule has 1 aromatic heterocycles.